The van der Waals surface area contributed by atoms with Gasteiger partial charge in [0.25, 0.3) is 0 Å². The Labute approximate surface area is 141 Å². The quantitative estimate of drug-likeness (QED) is 0.595. The maximum atomic E-state index is 12.6. The minimum absolute atomic E-state index is 0.229. The number of pyridine rings is 1. The molecule has 0 aliphatic rings. The van der Waals surface area contributed by atoms with E-state index in [0.29, 0.717) is 11.4 Å². The molecule has 0 spiro atoms. The number of fused-ring (bicyclic) bond motifs is 1. The Morgan fingerprint density at radius 1 is 1.21 bits per heavy atom. The van der Waals surface area contributed by atoms with E-state index in [1.807, 2.05) is 31.4 Å². The highest BCUT2D eigenvalue weighted by atomic mass is 35.5. The van der Waals surface area contributed by atoms with E-state index >= 15 is 0 Å². The summed E-state index contributed by atoms with van der Waals surface area (Å²) in [4.78, 5) is 6.56. The van der Waals surface area contributed by atoms with Gasteiger partial charge in [0, 0.05) is 29.3 Å². The summed E-state index contributed by atoms with van der Waals surface area (Å²) in [5.41, 5.74) is 2.04. The SMILES string of the molecule is CNCc1c[nH]c2cc(Nc3ccc(C(F)(F)F)nc3Cl)ccc12. The Morgan fingerprint density at radius 3 is 2.67 bits per heavy atom. The van der Waals surface area contributed by atoms with Gasteiger partial charge < -0.3 is 15.6 Å². The molecule has 0 saturated carbocycles. The van der Waals surface area contributed by atoms with Gasteiger partial charge in [0.05, 0.1) is 5.69 Å². The molecule has 0 saturated heterocycles. The number of aromatic nitrogens is 2. The third kappa shape index (κ3) is 3.32. The van der Waals surface area contributed by atoms with Crippen LogP contribution in [0.4, 0.5) is 24.5 Å². The maximum Gasteiger partial charge on any atom is 0.433 e. The monoisotopic (exact) mass is 354 g/mol. The summed E-state index contributed by atoms with van der Waals surface area (Å²) in [6.07, 6.45) is -2.60. The molecule has 3 aromatic rings. The van der Waals surface area contributed by atoms with Crippen LogP contribution in [0.1, 0.15) is 11.3 Å². The lowest BCUT2D eigenvalue weighted by Crippen LogP contribution is -2.08. The molecular formula is C16H14ClF3N4. The molecule has 1 aromatic carbocycles. The van der Waals surface area contributed by atoms with Crippen LogP contribution in [-0.2, 0) is 12.7 Å². The summed E-state index contributed by atoms with van der Waals surface area (Å²) in [7, 11) is 1.87. The second-order valence-corrected chi connectivity index (χ2v) is 5.62. The van der Waals surface area contributed by atoms with Gasteiger partial charge in [-0.1, -0.05) is 17.7 Å². The molecule has 0 amide bonds. The molecule has 2 heterocycles. The van der Waals surface area contributed by atoms with Gasteiger partial charge in [0.1, 0.15) is 5.69 Å². The summed E-state index contributed by atoms with van der Waals surface area (Å²) in [6, 6.07) is 7.80. The van der Waals surface area contributed by atoms with E-state index in [1.54, 1.807) is 0 Å². The van der Waals surface area contributed by atoms with Gasteiger partial charge in [-0.2, -0.15) is 13.2 Å². The van der Waals surface area contributed by atoms with Crippen LogP contribution in [0.2, 0.25) is 5.15 Å². The zero-order valence-electron chi connectivity index (χ0n) is 12.6. The number of alkyl halides is 3. The Kier molecular flexibility index (Phi) is 4.38. The third-order valence-corrected chi connectivity index (χ3v) is 3.84. The maximum absolute atomic E-state index is 12.6. The molecule has 126 valence electrons. The molecule has 3 rings (SSSR count). The van der Waals surface area contributed by atoms with E-state index in [2.05, 4.69) is 20.6 Å². The number of hydrogen-bond donors (Lipinski definition) is 3. The summed E-state index contributed by atoms with van der Waals surface area (Å²) in [6.45, 7) is 0.738. The zero-order chi connectivity index (χ0) is 17.3. The second kappa shape index (κ2) is 6.33. The van der Waals surface area contributed by atoms with E-state index in [4.69, 9.17) is 11.6 Å². The topological polar surface area (TPSA) is 52.7 Å². The smallest absolute Gasteiger partial charge is 0.361 e. The first kappa shape index (κ1) is 16.6. The number of hydrogen-bond acceptors (Lipinski definition) is 3. The van der Waals surface area contributed by atoms with E-state index in [-0.39, 0.29) is 5.15 Å². The summed E-state index contributed by atoms with van der Waals surface area (Å²) in [5.74, 6) is 0. The molecule has 8 heteroatoms. The van der Waals surface area contributed by atoms with Crippen LogP contribution in [0.25, 0.3) is 10.9 Å². The fourth-order valence-electron chi connectivity index (χ4n) is 2.44. The number of nitrogens with one attached hydrogen (secondary N) is 3. The predicted molar refractivity (Wildman–Crippen MR) is 88.6 cm³/mol. The molecule has 24 heavy (non-hydrogen) atoms. The first-order chi connectivity index (χ1) is 11.4. The summed E-state index contributed by atoms with van der Waals surface area (Å²) >= 11 is 5.86. The van der Waals surface area contributed by atoms with Crippen molar-refractivity contribution in [2.24, 2.45) is 0 Å². The molecule has 0 aliphatic carbocycles. The van der Waals surface area contributed by atoms with Crippen molar-refractivity contribution in [3.63, 3.8) is 0 Å². The van der Waals surface area contributed by atoms with Gasteiger partial charge in [0.2, 0.25) is 0 Å². The van der Waals surface area contributed by atoms with E-state index < -0.39 is 11.9 Å². The fraction of sp³-hybridized carbons (Fsp3) is 0.188. The third-order valence-electron chi connectivity index (χ3n) is 3.55. The van der Waals surface area contributed by atoms with Crippen LogP contribution >= 0.6 is 11.6 Å². The predicted octanol–water partition coefficient (Wildman–Crippen LogP) is 4.70. The summed E-state index contributed by atoms with van der Waals surface area (Å²) < 4.78 is 37.8. The minimum Gasteiger partial charge on any atom is -0.361 e. The molecule has 2 aromatic heterocycles. The Balaban J connectivity index is 1.87. The van der Waals surface area contributed by atoms with Crippen molar-refractivity contribution in [3.05, 3.63) is 52.9 Å². The molecule has 0 aliphatic heterocycles. The number of halogens is 4. The van der Waals surface area contributed by atoms with Crippen molar-refractivity contribution in [3.8, 4) is 0 Å². The first-order valence-corrected chi connectivity index (χ1v) is 7.51. The minimum atomic E-state index is -4.52. The molecule has 0 atom stereocenters. The van der Waals surface area contributed by atoms with Crippen molar-refractivity contribution in [1.29, 1.82) is 0 Å². The lowest BCUT2D eigenvalue weighted by molar-refractivity contribution is -0.141. The Morgan fingerprint density at radius 2 is 2.00 bits per heavy atom. The van der Waals surface area contributed by atoms with Crippen molar-refractivity contribution in [2.75, 3.05) is 12.4 Å². The highest BCUT2D eigenvalue weighted by Gasteiger charge is 2.32. The van der Waals surface area contributed by atoms with E-state index in [9.17, 15) is 13.2 Å². The molecule has 0 fully saturated rings. The standard InChI is InChI=1S/C16H14ClF3N4/c1-21-7-9-8-22-13-6-10(2-3-11(9)13)23-12-4-5-14(16(18,19)20)24-15(12)17/h2-6,8,21-23H,7H2,1H3. The molecule has 0 radical (unpaired) electrons. The highest BCUT2D eigenvalue weighted by molar-refractivity contribution is 6.32. The van der Waals surface area contributed by atoms with Crippen molar-refractivity contribution in [2.45, 2.75) is 12.7 Å². The van der Waals surface area contributed by atoms with Gasteiger partial charge in [0.15, 0.2) is 5.15 Å². The molecule has 0 unspecified atom stereocenters. The van der Waals surface area contributed by atoms with Crippen molar-refractivity contribution < 1.29 is 13.2 Å². The average Bonchev–Trinajstić information content (AvgIpc) is 2.91. The van der Waals surface area contributed by atoms with Gasteiger partial charge in [-0.3, -0.25) is 0 Å². The molecule has 4 nitrogen and oxygen atoms in total. The number of rotatable bonds is 4. The Hall–Kier alpha value is -2.25. The number of H-pyrrole nitrogens is 1. The highest BCUT2D eigenvalue weighted by Crippen LogP contribution is 2.32. The van der Waals surface area contributed by atoms with Gasteiger partial charge in [-0.05, 0) is 36.9 Å². The van der Waals surface area contributed by atoms with Crippen molar-refractivity contribution in [1.82, 2.24) is 15.3 Å². The van der Waals surface area contributed by atoms with Crippen LogP contribution in [-0.4, -0.2) is 17.0 Å². The fourth-order valence-corrected chi connectivity index (χ4v) is 2.64. The lowest BCUT2D eigenvalue weighted by atomic mass is 10.1. The van der Waals surface area contributed by atoms with Crippen LogP contribution in [0.15, 0.2) is 36.5 Å². The number of nitrogens with zero attached hydrogens (tertiary/aromatic N) is 1. The number of anilines is 2. The summed E-state index contributed by atoms with van der Waals surface area (Å²) in [5, 5.41) is 6.92. The molecule has 0 bridgehead atoms. The van der Waals surface area contributed by atoms with Gasteiger partial charge >= 0.3 is 6.18 Å². The van der Waals surface area contributed by atoms with E-state index in [0.717, 1.165) is 29.1 Å². The lowest BCUT2D eigenvalue weighted by Gasteiger charge is -2.11. The average molecular weight is 355 g/mol. The van der Waals surface area contributed by atoms with Crippen LogP contribution in [0.5, 0.6) is 0 Å². The van der Waals surface area contributed by atoms with Crippen LogP contribution in [0.3, 0.4) is 0 Å². The van der Waals surface area contributed by atoms with E-state index in [1.165, 1.54) is 6.07 Å². The largest absolute Gasteiger partial charge is 0.433 e. The van der Waals surface area contributed by atoms with Crippen LogP contribution in [0, 0.1) is 0 Å². The van der Waals surface area contributed by atoms with Gasteiger partial charge in [-0.15, -0.1) is 0 Å². The van der Waals surface area contributed by atoms with Crippen molar-refractivity contribution >= 4 is 33.9 Å². The van der Waals surface area contributed by atoms with Gasteiger partial charge in [-0.25, -0.2) is 4.98 Å². The van der Waals surface area contributed by atoms with Crippen LogP contribution < -0.4 is 10.6 Å². The Bertz CT molecular complexity index is 873. The number of aromatic amines is 1. The molecular weight excluding hydrogens is 341 g/mol. The first-order valence-electron chi connectivity index (χ1n) is 7.14. The zero-order valence-corrected chi connectivity index (χ0v) is 13.4. The normalized spacial score (nSPS) is 11.9. The molecule has 3 N–H and O–H groups in total. The second-order valence-electron chi connectivity index (χ2n) is 5.26. The number of benzene rings is 1.